The van der Waals surface area contributed by atoms with E-state index in [2.05, 4.69) is 16.0 Å². The Morgan fingerprint density at radius 2 is 1.47 bits per heavy atom. The zero-order chi connectivity index (χ0) is 25.8. The summed E-state index contributed by atoms with van der Waals surface area (Å²) in [5.74, 6) is -3.87. The molecule has 0 saturated heterocycles. The topological polar surface area (TPSA) is 194 Å². The van der Waals surface area contributed by atoms with Gasteiger partial charge in [0.2, 0.25) is 23.6 Å². The second-order valence-electron chi connectivity index (χ2n) is 8.62. The van der Waals surface area contributed by atoms with Crippen LogP contribution in [0.4, 0.5) is 0 Å². The van der Waals surface area contributed by atoms with Crippen LogP contribution in [0.1, 0.15) is 45.6 Å². The van der Waals surface area contributed by atoms with Gasteiger partial charge in [0.25, 0.3) is 0 Å². The van der Waals surface area contributed by atoms with Crippen LogP contribution in [0.3, 0.4) is 0 Å². The fourth-order valence-electron chi connectivity index (χ4n) is 3.16. The highest BCUT2D eigenvalue weighted by Crippen LogP contribution is 2.08. The molecular formula is C23H35N5O6. The number of primary amides is 1. The molecule has 1 aromatic carbocycles. The molecule has 0 aliphatic heterocycles. The largest absolute Gasteiger partial charge is 0.480 e. The van der Waals surface area contributed by atoms with E-state index >= 15 is 0 Å². The summed E-state index contributed by atoms with van der Waals surface area (Å²) in [4.78, 5) is 60.2. The van der Waals surface area contributed by atoms with Crippen LogP contribution in [-0.4, -0.2) is 58.9 Å². The van der Waals surface area contributed by atoms with Crippen LogP contribution in [0.15, 0.2) is 30.3 Å². The third kappa shape index (κ3) is 10.4. The number of nitrogens with two attached hydrogens (primary N) is 2. The molecule has 0 heterocycles. The van der Waals surface area contributed by atoms with Crippen LogP contribution in [0.25, 0.3) is 0 Å². The zero-order valence-corrected chi connectivity index (χ0v) is 19.7. The molecule has 4 atom stereocenters. The van der Waals surface area contributed by atoms with Crippen LogP contribution in [-0.2, 0) is 30.4 Å². The van der Waals surface area contributed by atoms with Crippen molar-refractivity contribution in [3.63, 3.8) is 0 Å². The van der Waals surface area contributed by atoms with Crippen molar-refractivity contribution in [1.29, 1.82) is 0 Å². The first-order chi connectivity index (χ1) is 15.9. The zero-order valence-electron chi connectivity index (χ0n) is 19.7. The summed E-state index contributed by atoms with van der Waals surface area (Å²) >= 11 is 0. The molecule has 4 unspecified atom stereocenters. The van der Waals surface area contributed by atoms with Crippen LogP contribution in [0.5, 0.6) is 0 Å². The van der Waals surface area contributed by atoms with Gasteiger partial charge in [0, 0.05) is 6.42 Å². The van der Waals surface area contributed by atoms with E-state index < -0.39 is 53.8 Å². The van der Waals surface area contributed by atoms with Crippen molar-refractivity contribution in [1.82, 2.24) is 16.0 Å². The van der Waals surface area contributed by atoms with Gasteiger partial charge in [-0.15, -0.1) is 0 Å². The smallest absolute Gasteiger partial charge is 0.326 e. The second kappa shape index (κ2) is 13.9. The lowest BCUT2D eigenvalue weighted by molar-refractivity contribution is -0.142. The Labute approximate surface area is 199 Å². The highest BCUT2D eigenvalue weighted by molar-refractivity contribution is 5.94. The predicted molar refractivity (Wildman–Crippen MR) is 125 cm³/mol. The number of hydrogen-bond acceptors (Lipinski definition) is 6. The molecule has 1 aromatic rings. The fraction of sp³-hybridized carbons (Fsp3) is 0.522. The first-order valence-electron chi connectivity index (χ1n) is 11.1. The molecule has 4 amide bonds. The Bertz CT molecular complexity index is 861. The first kappa shape index (κ1) is 28.6. The molecular weight excluding hydrogens is 442 g/mol. The summed E-state index contributed by atoms with van der Waals surface area (Å²) in [7, 11) is 0. The minimum atomic E-state index is -1.33. The quantitative estimate of drug-likeness (QED) is 0.206. The van der Waals surface area contributed by atoms with Gasteiger partial charge in [0.05, 0.1) is 6.04 Å². The molecule has 0 fully saturated rings. The van der Waals surface area contributed by atoms with Crippen molar-refractivity contribution in [3.8, 4) is 0 Å². The van der Waals surface area contributed by atoms with Crippen molar-refractivity contribution in [2.75, 3.05) is 0 Å². The summed E-state index contributed by atoms with van der Waals surface area (Å²) in [6.07, 6.45) is 0.129. The molecule has 0 radical (unpaired) electrons. The molecule has 0 aliphatic rings. The number of aliphatic carboxylic acids is 1. The standard InChI is InChI=1S/C23H35N5O6/c1-13(2)11-18(22(32)27-17(23(33)34)9-10-19(25)29)28-20(30)14(3)26-21(31)16(24)12-15-7-5-4-6-8-15/h4-8,13-14,16-18H,9-12,24H2,1-3H3,(H2,25,29)(H,26,31)(H,27,32)(H,28,30)(H,33,34). The van der Waals surface area contributed by atoms with Crippen molar-refractivity contribution in [2.45, 2.75) is 70.6 Å². The maximum atomic E-state index is 12.7. The van der Waals surface area contributed by atoms with E-state index in [1.807, 2.05) is 44.2 Å². The van der Waals surface area contributed by atoms with Crippen LogP contribution in [0.2, 0.25) is 0 Å². The van der Waals surface area contributed by atoms with Gasteiger partial charge in [0.1, 0.15) is 18.1 Å². The van der Waals surface area contributed by atoms with Gasteiger partial charge in [-0.05, 0) is 37.7 Å². The van der Waals surface area contributed by atoms with Crippen LogP contribution >= 0.6 is 0 Å². The van der Waals surface area contributed by atoms with E-state index in [1.54, 1.807) is 0 Å². The molecule has 1 rings (SSSR count). The number of rotatable bonds is 14. The number of benzene rings is 1. The van der Waals surface area contributed by atoms with Crippen molar-refractivity contribution in [3.05, 3.63) is 35.9 Å². The molecule has 0 aliphatic carbocycles. The maximum Gasteiger partial charge on any atom is 0.326 e. The number of hydrogen-bond donors (Lipinski definition) is 6. The van der Waals surface area contributed by atoms with E-state index in [9.17, 15) is 29.1 Å². The van der Waals surface area contributed by atoms with E-state index in [1.165, 1.54) is 6.92 Å². The summed E-state index contributed by atoms with van der Waals surface area (Å²) in [6.45, 7) is 5.13. The van der Waals surface area contributed by atoms with Gasteiger partial charge >= 0.3 is 5.97 Å². The molecule has 11 nitrogen and oxygen atoms in total. The third-order valence-electron chi connectivity index (χ3n) is 5.02. The van der Waals surface area contributed by atoms with Crippen LogP contribution in [0, 0.1) is 5.92 Å². The Kier molecular flexibility index (Phi) is 11.7. The maximum absolute atomic E-state index is 12.7. The Balaban J connectivity index is 2.75. The number of nitrogens with one attached hydrogen (secondary N) is 3. The number of carboxylic acid groups (broad SMARTS) is 1. The average molecular weight is 478 g/mol. The van der Waals surface area contributed by atoms with E-state index in [0.29, 0.717) is 6.42 Å². The molecule has 0 saturated carbocycles. The van der Waals surface area contributed by atoms with Crippen molar-refractivity contribution < 1.29 is 29.1 Å². The first-order valence-corrected chi connectivity index (χ1v) is 11.1. The second-order valence-corrected chi connectivity index (χ2v) is 8.62. The summed E-state index contributed by atoms with van der Waals surface area (Å²) in [6, 6.07) is 4.97. The lowest BCUT2D eigenvalue weighted by Gasteiger charge is -2.24. The molecule has 0 bridgehead atoms. The van der Waals surface area contributed by atoms with Gasteiger partial charge in [-0.3, -0.25) is 19.2 Å². The van der Waals surface area contributed by atoms with Gasteiger partial charge in [-0.2, -0.15) is 0 Å². The summed E-state index contributed by atoms with van der Waals surface area (Å²) < 4.78 is 0. The van der Waals surface area contributed by atoms with Gasteiger partial charge < -0.3 is 32.5 Å². The number of carboxylic acids is 1. The molecule has 11 heteroatoms. The third-order valence-corrected chi connectivity index (χ3v) is 5.02. The normalized spacial score (nSPS) is 14.4. The Morgan fingerprint density at radius 1 is 0.882 bits per heavy atom. The average Bonchev–Trinajstić information content (AvgIpc) is 2.75. The minimum absolute atomic E-state index is 0.00543. The lowest BCUT2D eigenvalue weighted by Crippen LogP contribution is -2.56. The highest BCUT2D eigenvalue weighted by atomic mass is 16.4. The number of carbonyl (C=O) groups excluding carboxylic acids is 4. The number of amides is 4. The molecule has 0 spiro atoms. The summed E-state index contributed by atoms with van der Waals surface area (Å²) in [5.41, 5.74) is 11.9. The van der Waals surface area contributed by atoms with Crippen LogP contribution < -0.4 is 27.4 Å². The minimum Gasteiger partial charge on any atom is -0.480 e. The van der Waals surface area contributed by atoms with Crippen molar-refractivity contribution in [2.24, 2.45) is 17.4 Å². The van der Waals surface area contributed by atoms with Gasteiger partial charge in [-0.25, -0.2) is 4.79 Å². The van der Waals surface area contributed by atoms with Gasteiger partial charge in [-0.1, -0.05) is 44.2 Å². The number of carbonyl (C=O) groups is 5. The molecule has 188 valence electrons. The fourth-order valence-corrected chi connectivity index (χ4v) is 3.16. The summed E-state index contributed by atoms with van der Waals surface area (Å²) in [5, 5.41) is 16.7. The Morgan fingerprint density at radius 3 is 2.00 bits per heavy atom. The van der Waals surface area contributed by atoms with E-state index in [4.69, 9.17) is 11.5 Å². The monoisotopic (exact) mass is 477 g/mol. The SMILES string of the molecule is CC(C)CC(NC(=O)C(C)NC(=O)C(N)Cc1ccccc1)C(=O)NC(CCC(N)=O)C(=O)O. The molecule has 34 heavy (non-hydrogen) atoms. The van der Waals surface area contributed by atoms with E-state index in [-0.39, 0.29) is 25.2 Å². The van der Waals surface area contributed by atoms with E-state index in [0.717, 1.165) is 5.56 Å². The molecule has 0 aromatic heterocycles. The predicted octanol–water partition coefficient (Wildman–Crippen LogP) is -0.573. The van der Waals surface area contributed by atoms with Gasteiger partial charge in [0.15, 0.2) is 0 Å². The Hall–Kier alpha value is -3.47. The lowest BCUT2D eigenvalue weighted by atomic mass is 10.0. The molecule has 8 N–H and O–H groups in total. The highest BCUT2D eigenvalue weighted by Gasteiger charge is 2.29. The van der Waals surface area contributed by atoms with Crippen molar-refractivity contribution >= 4 is 29.6 Å².